The molecule has 0 spiro atoms. The Labute approximate surface area is 134 Å². The zero-order valence-electron chi connectivity index (χ0n) is 12.9. The van der Waals surface area contributed by atoms with Gasteiger partial charge in [-0.25, -0.2) is 14.8 Å². The average Bonchev–Trinajstić information content (AvgIpc) is 2.54. The number of benzene rings is 2. The van der Waals surface area contributed by atoms with Crippen molar-refractivity contribution in [1.82, 2.24) is 9.97 Å². The van der Waals surface area contributed by atoms with E-state index in [1.807, 2.05) is 12.1 Å². The molecule has 0 aliphatic rings. The zero-order valence-corrected chi connectivity index (χ0v) is 12.9. The highest BCUT2D eigenvalue weighted by Crippen LogP contribution is 2.25. The first-order chi connectivity index (χ1) is 11.0. The molecule has 1 aromatic heterocycles. The first-order valence-corrected chi connectivity index (χ1v) is 7.40. The number of hydrogen-bond acceptors (Lipinski definition) is 4. The number of carboxylic acids is 1. The summed E-state index contributed by atoms with van der Waals surface area (Å²) in [6.07, 6.45) is 1.79. The molecule has 0 bridgehead atoms. The summed E-state index contributed by atoms with van der Waals surface area (Å²) in [5.41, 5.74) is 3.10. The molecule has 1 heterocycles. The van der Waals surface area contributed by atoms with Gasteiger partial charge in [-0.3, -0.25) is 0 Å². The van der Waals surface area contributed by atoms with E-state index in [1.165, 1.54) is 5.56 Å². The Hall–Kier alpha value is -2.95. The third-order valence-electron chi connectivity index (χ3n) is 3.65. The fourth-order valence-electron chi connectivity index (χ4n) is 2.43. The van der Waals surface area contributed by atoms with Gasteiger partial charge in [-0.1, -0.05) is 32.0 Å². The molecule has 0 atom stereocenters. The topological polar surface area (TPSA) is 75.1 Å². The van der Waals surface area contributed by atoms with E-state index < -0.39 is 5.97 Å². The Morgan fingerprint density at radius 3 is 2.52 bits per heavy atom. The normalized spacial score (nSPS) is 10.9. The lowest BCUT2D eigenvalue weighted by atomic mass is 10.0. The van der Waals surface area contributed by atoms with Gasteiger partial charge in [-0.05, 0) is 35.7 Å². The monoisotopic (exact) mass is 307 g/mol. The molecule has 0 unspecified atom stereocenters. The van der Waals surface area contributed by atoms with Crippen LogP contribution in [0.3, 0.4) is 0 Å². The van der Waals surface area contributed by atoms with Crippen LogP contribution in [0.1, 0.15) is 35.7 Å². The minimum Gasteiger partial charge on any atom is -0.478 e. The van der Waals surface area contributed by atoms with E-state index in [0.717, 1.165) is 16.6 Å². The zero-order chi connectivity index (χ0) is 16.4. The third kappa shape index (κ3) is 3.13. The van der Waals surface area contributed by atoms with Crippen molar-refractivity contribution in [1.29, 1.82) is 0 Å². The smallest absolute Gasteiger partial charge is 0.335 e. The molecule has 3 rings (SSSR count). The van der Waals surface area contributed by atoms with E-state index in [-0.39, 0.29) is 5.56 Å². The minimum atomic E-state index is -0.944. The van der Waals surface area contributed by atoms with Crippen LogP contribution in [0, 0.1) is 0 Å². The van der Waals surface area contributed by atoms with Crippen LogP contribution in [0.4, 0.5) is 11.6 Å². The molecule has 5 nitrogen and oxygen atoms in total. The van der Waals surface area contributed by atoms with Crippen molar-refractivity contribution in [3.8, 4) is 0 Å². The van der Waals surface area contributed by atoms with Crippen molar-refractivity contribution >= 4 is 28.5 Å². The maximum atomic E-state index is 10.9. The molecule has 3 aromatic rings. The third-order valence-corrected chi connectivity index (χ3v) is 3.65. The van der Waals surface area contributed by atoms with E-state index in [1.54, 1.807) is 30.5 Å². The van der Waals surface area contributed by atoms with Crippen molar-refractivity contribution in [2.75, 3.05) is 5.32 Å². The summed E-state index contributed by atoms with van der Waals surface area (Å²) in [6.45, 7) is 4.27. The van der Waals surface area contributed by atoms with Gasteiger partial charge in [0.1, 0.15) is 0 Å². The summed E-state index contributed by atoms with van der Waals surface area (Å²) < 4.78 is 0. The molecule has 2 N–H and O–H groups in total. The van der Waals surface area contributed by atoms with E-state index in [4.69, 9.17) is 5.11 Å². The molecule has 0 aliphatic carbocycles. The maximum absolute atomic E-state index is 10.9. The van der Waals surface area contributed by atoms with Gasteiger partial charge < -0.3 is 10.4 Å². The molecule has 0 radical (unpaired) electrons. The van der Waals surface area contributed by atoms with Gasteiger partial charge in [0.25, 0.3) is 0 Å². The van der Waals surface area contributed by atoms with Crippen LogP contribution in [-0.4, -0.2) is 21.0 Å². The number of anilines is 2. The summed E-state index contributed by atoms with van der Waals surface area (Å²) in [5.74, 6) is -0.0787. The van der Waals surface area contributed by atoms with Crippen LogP contribution in [-0.2, 0) is 0 Å². The van der Waals surface area contributed by atoms with Crippen molar-refractivity contribution < 1.29 is 9.90 Å². The highest BCUT2D eigenvalue weighted by atomic mass is 16.4. The van der Waals surface area contributed by atoms with E-state index in [9.17, 15) is 4.79 Å². The first kappa shape index (κ1) is 15.0. The summed E-state index contributed by atoms with van der Waals surface area (Å²) in [5, 5.41) is 13.0. The SMILES string of the molecule is CC(C)c1cccc2cnc(Nc3ccc(C(=O)O)cc3)nc12. The molecule has 0 aliphatic heterocycles. The van der Waals surface area contributed by atoms with Gasteiger partial charge in [0.05, 0.1) is 11.1 Å². The Morgan fingerprint density at radius 1 is 1.13 bits per heavy atom. The lowest BCUT2D eigenvalue weighted by Crippen LogP contribution is -2.00. The van der Waals surface area contributed by atoms with Crippen LogP contribution >= 0.6 is 0 Å². The fourth-order valence-corrected chi connectivity index (χ4v) is 2.43. The summed E-state index contributed by atoms with van der Waals surface area (Å²) in [7, 11) is 0. The number of aromatic nitrogens is 2. The van der Waals surface area contributed by atoms with E-state index in [2.05, 4.69) is 35.2 Å². The molecule has 2 aromatic carbocycles. The quantitative estimate of drug-likeness (QED) is 0.755. The van der Waals surface area contributed by atoms with Crippen molar-refractivity contribution in [3.05, 3.63) is 59.8 Å². The van der Waals surface area contributed by atoms with Gasteiger partial charge in [0, 0.05) is 17.3 Å². The van der Waals surface area contributed by atoms with Gasteiger partial charge >= 0.3 is 5.97 Å². The molecule has 5 heteroatoms. The molecule has 23 heavy (non-hydrogen) atoms. The number of carbonyl (C=O) groups is 1. The predicted molar refractivity (Wildman–Crippen MR) is 90.3 cm³/mol. The van der Waals surface area contributed by atoms with Crippen LogP contribution < -0.4 is 5.32 Å². The minimum absolute atomic E-state index is 0.247. The standard InChI is InChI=1S/C18H17N3O2/c1-11(2)15-5-3-4-13-10-19-18(21-16(13)15)20-14-8-6-12(7-9-14)17(22)23/h3-11H,1-2H3,(H,22,23)(H,19,20,21). The maximum Gasteiger partial charge on any atom is 0.335 e. The second-order valence-electron chi connectivity index (χ2n) is 5.64. The van der Waals surface area contributed by atoms with Crippen molar-refractivity contribution in [3.63, 3.8) is 0 Å². The largest absolute Gasteiger partial charge is 0.478 e. The lowest BCUT2D eigenvalue weighted by Gasteiger charge is -2.11. The highest BCUT2D eigenvalue weighted by Gasteiger charge is 2.08. The van der Waals surface area contributed by atoms with Crippen LogP contribution in [0.2, 0.25) is 0 Å². The highest BCUT2D eigenvalue weighted by molar-refractivity contribution is 5.88. The number of para-hydroxylation sites is 1. The predicted octanol–water partition coefficient (Wildman–Crippen LogP) is 4.20. The van der Waals surface area contributed by atoms with Crippen LogP contribution in [0.15, 0.2) is 48.7 Å². The average molecular weight is 307 g/mol. The van der Waals surface area contributed by atoms with E-state index in [0.29, 0.717) is 11.9 Å². The molecule has 0 saturated carbocycles. The van der Waals surface area contributed by atoms with Crippen molar-refractivity contribution in [2.45, 2.75) is 19.8 Å². The number of aromatic carboxylic acids is 1. The Bertz CT molecular complexity index is 858. The fraction of sp³-hybridized carbons (Fsp3) is 0.167. The Balaban J connectivity index is 1.94. The van der Waals surface area contributed by atoms with Gasteiger partial charge in [0.15, 0.2) is 0 Å². The number of fused-ring (bicyclic) bond motifs is 1. The molecule has 0 saturated heterocycles. The number of hydrogen-bond donors (Lipinski definition) is 2. The van der Waals surface area contributed by atoms with Crippen LogP contribution in [0.25, 0.3) is 10.9 Å². The molecule has 0 amide bonds. The van der Waals surface area contributed by atoms with Gasteiger partial charge in [-0.2, -0.15) is 0 Å². The summed E-state index contributed by atoms with van der Waals surface area (Å²) in [4.78, 5) is 19.8. The molecular formula is C18H17N3O2. The lowest BCUT2D eigenvalue weighted by molar-refractivity contribution is 0.0697. The molecule has 0 fully saturated rings. The number of carboxylic acid groups (broad SMARTS) is 1. The number of nitrogens with one attached hydrogen (secondary N) is 1. The number of nitrogens with zero attached hydrogens (tertiary/aromatic N) is 2. The summed E-state index contributed by atoms with van der Waals surface area (Å²) in [6, 6.07) is 12.6. The Kier molecular flexibility index (Phi) is 3.93. The summed E-state index contributed by atoms with van der Waals surface area (Å²) >= 11 is 0. The second kappa shape index (κ2) is 6.04. The van der Waals surface area contributed by atoms with Gasteiger partial charge in [0.2, 0.25) is 5.95 Å². The number of rotatable bonds is 4. The van der Waals surface area contributed by atoms with Gasteiger partial charge in [-0.15, -0.1) is 0 Å². The van der Waals surface area contributed by atoms with Crippen LogP contribution in [0.5, 0.6) is 0 Å². The first-order valence-electron chi connectivity index (χ1n) is 7.40. The van der Waals surface area contributed by atoms with Crippen molar-refractivity contribution in [2.24, 2.45) is 0 Å². The molecular weight excluding hydrogens is 290 g/mol. The van der Waals surface area contributed by atoms with E-state index >= 15 is 0 Å². The Morgan fingerprint density at radius 2 is 1.87 bits per heavy atom. The second-order valence-corrected chi connectivity index (χ2v) is 5.64. The molecule has 116 valence electrons.